The Kier molecular flexibility index (Phi) is 6.21. The van der Waals surface area contributed by atoms with E-state index in [1.54, 1.807) is 0 Å². The van der Waals surface area contributed by atoms with Crippen LogP contribution >= 0.6 is 15.9 Å². The van der Waals surface area contributed by atoms with Gasteiger partial charge in [0, 0.05) is 22.3 Å². The highest BCUT2D eigenvalue weighted by atomic mass is 79.9. The minimum atomic E-state index is -0.0422. The largest absolute Gasteiger partial charge is 0.349 e. The molecule has 1 N–H and O–H groups in total. The lowest BCUT2D eigenvalue weighted by Gasteiger charge is -2.16. The van der Waals surface area contributed by atoms with Crippen LogP contribution in [-0.2, 0) is 17.8 Å². The van der Waals surface area contributed by atoms with Crippen LogP contribution in [0, 0.1) is 19.8 Å². The summed E-state index contributed by atoms with van der Waals surface area (Å²) in [7, 11) is 0. The van der Waals surface area contributed by atoms with Gasteiger partial charge in [0.1, 0.15) is 0 Å². The predicted octanol–water partition coefficient (Wildman–Crippen LogP) is 4.34. The van der Waals surface area contributed by atoms with Crippen LogP contribution in [0.5, 0.6) is 0 Å². The van der Waals surface area contributed by atoms with Crippen LogP contribution in [0.4, 0.5) is 0 Å². The fourth-order valence-corrected chi connectivity index (χ4v) is 3.50. The highest BCUT2D eigenvalue weighted by Gasteiger charge is 2.17. The van der Waals surface area contributed by atoms with Gasteiger partial charge in [-0.3, -0.25) is 9.48 Å². The van der Waals surface area contributed by atoms with Crippen molar-refractivity contribution in [2.45, 2.75) is 53.6 Å². The number of nitrogens with one attached hydrogen (secondary N) is 1. The van der Waals surface area contributed by atoms with Gasteiger partial charge in [-0.25, -0.2) is 0 Å². The van der Waals surface area contributed by atoms with Crippen LogP contribution in [0.1, 0.15) is 49.3 Å². The average Bonchev–Trinajstić information content (AvgIpc) is 2.74. The summed E-state index contributed by atoms with van der Waals surface area (Å²) in [6, 6.07) is 7.92. The third-order valence-corrected chi connectivity index (χ3v) is 4.88. The molecule has 2 aromatic rings. The monoisotopic (exact) mass is 391 g/mol. The van der Waals surface area contributed by atoms with Gasteiger partial charge in [-0.2, -0.15) is 5.10 Å². The highest BCUT2D eigenvalue weighted by molar-refractivity contribution is 9.10. The van der Waals surface area contributed by atoms with E-state index in [0.717, 1.165) is 33.5 Å². The first-order valence-corrected chi connectivity index (χ1v) is 9.15. The summed E-state index contributed by atoms with van der Waals surface area (Å²) in [6.07, 6.45) is 0.366. The molecule has 1 aromatic carbocycles. The molecule has 2 rings (SSSR count). The number of carbonyl (C=O) groups excluding carboxylic acids is 1. The molecule has 0 bridgehead atoms. The van der Waals surface area contributed by atoms with Crippen LogP contribution in [-0.4, -0.2) is 15.7 Å². The number of carbonyl (C=O) groups is 1. The quantitative estimate of drug-likeness (QED) is 0.795. The van der Waals surface area contributed by atoms with E-state index in [1.165, 1.54) is 0 Å². The number of aromatic nitrogens is 2. The predicted molar refractivity (Wildman–Crippen MR) is 101 cm³/mol. The normalized spacial score (nSPS) is 12.5. The lowest BCUT2D eigenvalue weighted by molar-refractivity contribution is -0.121. The maximum absolute atomic E-state index is 12.5. The van der Waals surface area contributed by atoms with Gasteiger partial charge < -0.3 is 5.32 Å². The van der Waals surface area contributed by atoms with E-state index >= 15 is 0 Å². The Morgan fingerprint density at radius 1 is 1.25 bits per heavy atom. The maximum atomic E-state index is 12.5. The number of hydrogen-bond donors (Lipinski definition) is 1. The number of hydrogen-bond acceptors (Lipinski definition) is 2. The third kappa shape index (κ3) is 4.47. The molecule has 1 atom stereocenters. The van der Waals surface area contributed by atoms with Crippen molar-refractivity contribution in [2.75, 3.05) is 0 Å². The topological polar surface area (TPSA) is 46.9 Å². The Hall–Kier alpha value is -1.62. The molecule has 0 saturated heterocycles. The zero-order valence-electron chi connectivity index (χ0n) is 15.1. The zero-order chi connectivity index (χ0) is 17.9. The van der Waals surface area contributed by atoms with Crippen molar-refractivity contribution < 1.29 is 4.79 Å². The molecule has 4 nitrogen and oxygen atoms in total. The Morgan fingerprint density at radius 2 is 1.92 bits per heavy atom. The summed E-state index contributed by atoms with van der Waals surface area (Å²) >= 11 is 3.54. The molecule has 1 unspecified atom stereocenters. The second-order valence-corrected chi connectivity index (χ2v) is 7.57. The van der Waals surface area contributed by atoms with Gasteiger partial charge in [0.15, 0.2) is 0 Å². The van der Waals surface area contributed by atoms with Gasteiger partial charge in [0.25, 0.3) is 0 Å². The lowest BCUT2D eigenvalue weighted by atomic mass is 10.1. The van der Waals surface area contributed by atoms with Crippen molar-refractivity contribution in [3.8, 4) is 0 Å². The molecule has 1 aromatic heterocycles. The molecule has 0 radical (unpaired) electrons. The molecule has 0 saturated carbocycles. The smallest absolute Gasteiger partial charge is 0.225 e. The molecule has 130 valence electrons. The Morgan fingerprint density at radius 3 is 2.54 bits per heavy atom. The molecular weight excluding hydrogens is 366 g/mol. The minimum Gasteiger partial charge on any atom is -0.349 e. The van der Waals surface area contributed by atoms with Crippen molar-refractivity contribution in [1.82, 2.24) is 15.1 Å². The number of halogens is 1. The summed E-state index contributed by atoms with van der Waals surface area (Å²) in [5.41, 5.74) is 4.14. The van der Waals surface area contributed by atoms with Crippen molar-refractivity contribution in [1.29, 1.82) is 0 Å². The number of benzene rings is 1. The SMILES string of the molecule is Cc1nn(CC(C)C)c(C)c1CC(=O)NC(C)c1ccccc1Br. The van der Waals surface area contributed by atoms with Gasteiger partial charge >= 0.3 is 0 Å². The van der Waals surface area contributed by atoms with Crippen LogP contribution in [0.25, 0.3) is 0 Å². The number of amides is 1. The molecule has 0 aliphatic rings. The van der Waals surface area contributed by atoms with Crippen molar-refractivity contribution in [3.63, 3.8) is 0 Å². The van der Waals surface area contributed by atoms with E-state index in [4.69, 9.17) is 0 Å². The highest BCUT2D eigenvalue weighted by Crippen LogP contribution is 2.23. The molecular formula is C19H26BrN3O. The van der Waals surface area contributed by atoms with Crippen LogP contribution in [0.3, 0.4) is 0 Å². The van der Waals surface area contributed by atoms with Crippen LogP contribution in [0.2, 0.25) is 0 Å². The molecule has 1 heterocycles. The fraction of sp³-hybridized carbons (Fsp3) is 0.474. The van der Waals surface area contributed by atoms with E-state index in [2.05, 4.69) is 40.2 Å². The Labute approximate surface area is 152 Å². The molecule has 5 heteroatoms. The van der Waals surface area contributed by atoms with Crippen molar-refractivity contribution in [3.05, 3.63) is 51.3 Å². The van der Waals surface area contributed by atoms with Gasteiger partial charge in [0.2, 0.25) is 5.91 Å². The summed E-state index contributed by atoms with van der Waals surface area (Å²) in [4.78, 5) is 12.5. The Bertz CT molecular complexity index is 721. The van der Waals surface area contributed by atoms with Gasteiger partial charge in [-0.15, -0.1) is 0 Å². The number of rotatable bonds is 6. The maximum Gasteiger partial charge on any atom is 0.225 e. The molecule has 0 aliphatic carbocycles. The van der Waals surface area contributed by atoms with Gasteiger partial charge in [-0.1, -0.05) is 48.0 Å². The first kappa shape index (κ1) is 18.7. The second-order valence-electron chi connectivity index (χ2n) is 6.71. The summed E-state index contributed by atoms with van der Waals surface area (Å²) in [6.45, 7) is 11.2. The second kappa shape index (κ2) is 7.97. The summed E-state index contributed by atoms with van der Waals surface area (Å²) in [5.74, 6) is 0.550. The Balaban J connectivity index is 2.07. The number of nitrogens with zero attached hydrogens (tertiary/aromatic N) is 2. The van der Waals surface area contributed by atoms with Crippen molar-refractivity contribution >= 4 is 21.8 Å². The van der Waals surface area contributed by atoms with E-state index in [9.17, 15) is 4.79 Å². The molecule has 0 aliphatic heterocycles. The summed E-state index contributed by atoms with van der Waals surface area (Å²) in [5, 5.41) is 7.67. The van der Waals surface area contributed by atoms with E-state index in [-0.39, 0.29) is 11.9 Å². The van der Waals surface area contributed by atoms with Gasteiger partial charge in [-0.05, 0) is 38.3 Å². The van der Waals surface area contributed by atoms with E-state index < -0.39 is 0 Å². The zero-order valence-corrected chi connectivity index (χ0v) is 16.6. The minimum absolute atomic E-state index is 0.0218. The lowest BCUT2D eigenvalue weighted by Crippen LogP contribution is -2.28. The third-order valence-electron chi connectivity index (χ3n) is 4.16. The molecule has 0 fully saturated rings. The van der Waals surface area contributed by atoms with E-state index in [1.807, 2.05) is 49.7 Å². The molecule has 0 spiro atoms. The van der Waals surface area contributed by atoms with Crippen molar-refractivity contribution in [2.24, 2.45) is 5.92 Å². The summed E-state index contributed by atoms with van der Waals surface area (Å²) < 4.78 is 3.02. The fourth-order valence-electron chi connectivity index (χ4n) is 2.87. The van der Waals surface area contributed by atoms with Crippen LogP contribution in [0.15, 0.2) is 28.7 Å². The first-order valence-electron chi connectivity index (χ1n) is 8.36. The van der Waals surface area contributed by atoms with Gasteiger partial charge in [0.05, 0.1) is 18.2 Å². The average molecular weight is 392 g/mol. The van der Waals surface area contributed by atoms with Crippen LogP contribution < -0.4 is 5.32 Å². The van der Waals surface area contributed by atoms with E-state index in [0.29, 0.717) is 12.3 Å². The number of aryl methyl sites for hydroxylation is 1. The standard InChI is InChI=1S/C19H26BrN3O/c1-12(2)11-23-15(5)17(14(4)22-23)10-19(24)21-13(3)16-8-6-7-9-18(16)20/h6-9,12-13H,10-11H2,1-5H3,(H,21,24). The first-order chi connectivity index (χ1) is 11.3. The molecule has 1 amide bonds. The molecule has 24 heavy (non-hydrogen) atoms.